The van der Waals surface area contributed by atoms with Gasteiger partial charge < -0.3 is 34.4 Å². The summed E-state index contributed by atoms with van der Waals surface area (Å²) in [5, 5.41) is 32.4. The zero-order valence-corrected chi connectivity index (χ0v) is 23.2. The number of carbonyl (C=O) groups excluding carboxylic acids is 1. The minimum atomic E-state index is -4.99. The molecule has 0 aliphatic carbocycles. The molecular formula is C22H29N4O15P. The molecule has 4 rings (SSSR count). The molecule has 1 unspecified atom stereocenters. The Bertz CT molecular complexity index is 1610. The van der Waals surface area contributed by atoms with Crippen molar-refractivity contribution in [3.63, 3.8) is 0 Å². The lowest BCUT2D eigenvalue weighted by Crippen LogP contribution is -2.48. The summed E-state index contributed by atoms with van der Waals surface area (Å²) >= 11 is 0. The summed E-state index contributed by atoms with van der Waals surface area (Å²) in [5.74, 6) is -0.859. The highest BCUT2D eigenvalue weighted by Gasteiger charge is 2.57. The van der Waals surface area contributed by atoms with Gasteiger partial charge in [0, 0.05) is 31.5 Å². The summed E-state index contributed by atoms with van der Waals surface area (Å²) in [7, 11) is -4.99. The quantitative estimate of drug-likeness (QED) is 0.119. The van der Waals surface area contributed by atoms with E-state index in [1.165, 1.54) is 6.92 Å². The molecule has 6 N–H and O–H groups in total. The van der Waals surface area contributed by atoms with E-state index in [0.717, 1.165) is 47.5 Å². The minimum Gasteiger partial charge on any atom is -0.456 e. The number of esters is 1. The predicted molar refractivity (Wildman–Crippen MR) is 135 cm³/mol. The molecule has 42 heavy (non-hydrogen) atoms. The number of hydrogen-bond acceptors (Lipinski definition) is 14. The molecule has 0 saturated carbocycles. The molecule has 0 bridgehead atoms. The van der Waals surface area contributed by atoms with E-state index >= 15 is 0 Å². The first-order valence-corrected chi connectivity index (χ1v) is 13.8. The van der Waals surface area contributed by atoms with Gasteiger partial charge in [0.25, 0.3) is 11.1 Å². The topological polar surface area (TPSA) is 271 Å². The number of hydrogen-bond donors (Lipinski definition) is 6. The minimum absolute atomic E-state index is 0.714. The van der Waals surface area contributed by atoms with Gasteiger partial charge in [0.05, 0.1) is 13.2 Å². The number of carbonyl (C=O) groups is 1. The van der Waals surface area contributed by atoms with E-state index in [9.17, 15) is 48.8 Å². The third kappa shape index (κ3) is 6.24. The fourth-order valence-corrected chi connectivity index (χ4v) is 5.46. The van der Waals surface area contributed by atoms with Crippen LogP contribution in [-0.2, 0) is 32.6 Å². The molecule has 2 aliphatic rings. The van der Waals surface area contributed by atoms with E-state index in [4.69, 9.17) is 23.3 Å². The van der Waals surface area contributed by atoms with E-state index in [1.807, 2.05) is 9.97 Å². The molecule has 2 saturated heterocycles. The first-order chi connectivity index (χ1) is 19.4. The van der Waals surface area contributed by atoms with Crippen LogP contribution in [0, 0.1) is 0 Å². The van der Waals surface area contributed by atoms with Crippen molar-refractivity contribution in [1.29, 1.82) is 0 Å². The number of nitrogens with zero attached hydrogens (tertiary/aromatic N) is 2. The summed E-state index contributed by atoms with van der Waals surface area (Å²) in [5.41, 5.74) is -7.54. The summed E-state index contributed by atoms with van der Waals surface area (Å²) < 4.78 is 40.5. The standard InChI is InChI=1S/C22H29N4O15P/c1-10(27)39-16-12(41-18(22(16,3)34)26-7-5-14(29)24-20(26)32)9-38-42(35,36)37-8-11-15(30)21(2,33)17(40-11)25-6-4-13(28)23-19(25)31/h4-7,11-12,15-18,30,33-34H,8-9H2,1-3H3,(H,35,36)(H,23,28,31)(H,24,29,32)/t11-,12-,15-,16-,17-,18-,21-,22-/m1/s1. The molecule has 2 aromatic rings. The number of H-pyrrole nitrogens is 2. The van der Waals surface area contributed by atoms with Crippen LogP contribution in [0.1, 0.15) is 33.2 Å². The Labute approximate surface area is 234 Å². The van der Waals surface area contributed by atoms with E-state index in [2.05, 4.69) is 0 Å². The van der Waals surface area contributed by atoms with Crippen molar-refractivity contribution >= 4 is 13.8 Å². The van der Waals surface area contributed by atoms with Crippen LogP contribution in [0.15, 0.2) is 43.7 Å². The third-order valence-electron chi connectivity index (χ3n) is 6.78. The maximum Gasteiger partial charge on any atom is 0.472 e. The zero-order valence-electron chi connectivity index (χ0n) is 22.3. The van der Waals surface area contributed by atoms with Gasteiger partial charge in [-0.05, 0) is 13.8 Å². The van der Waals surface area contributed by atoms with Gasteiger partial charge in [-0.25, -0.2) is 14.2 Å². The average molecular weight is 620 g/mol. The number of nitrogens with one attached hydrogen (secondary N) is 2. The number of ether oxygens (including phenoxy) is 3. The Morgan fingerprint density at radius 3 is 1.86 bits per heavy atom. The highest BCUT2D eigenvalue weighted by atomic mass is 31.2. The molecule has 0 aromatic carbocycles. The van der Waals surface area contributed by atoms with Crippen molar-refractivity contribution in [2.75, 3.05) is 13.2 Å². The lowest BCUT2D eigenvalue weighted by Gasteiger charge is -2.29. The van der Waals surface area contributed by atoms with Gasteiger partial charge in [-0.15, -0.1) is 0 Å². The number of aromatic amines is 2. The van der Waals surface area contributed by atoms with Gasteiger partial charge in [-0.3, -0.25) is 42.5 Å². The van der Waals surface area contributed by atoms with Crippen LogP contribution in [-0.4, -0.2) is 94.1 Å². The number of aliphatic hydroxyl groups is 3. The van der Waals surface area contributed by atoms with Crippen LogP contribution < -0.4 is 22.5 Å². The SMILES string of the molecule is CC(=O)O[C@@H]1[C@@H](COP(=O)(O)OC[C@H]2O[C@@H](n3ccc(=O)[nH]c3=O)[C@](C)(O)[C@@H]2O)O[C@@H](n2ccc(=O)[nH]c2=O)[C@]1(C)O. The Balaban J connectivity index is 1.45. The Kier molecular flexibility index (Phi) is 8.62. The van der Waals surface area contributed by atoms with Crippen LogP contribution >= 0.6 is 7.82 Å². The smallest absolute Gasteiger partial charge is 0.456 e. The number of aliphatic hydroxyl groups excluding tert-OH is 1. The van der Waals surface area contributed by atoms with Gasteiger partial charge in [0.15, 0.2) is 18.6 Å². The number of phosphoric ester groups is 1. The maximum atomic E-state index is 12.7. The fourth-order valence-electron chi connectivity index (χ4n) is 4.71. The van der Waals surface area contributed by atoms with Crippen LogP contribution in [0.4, 0.5) is 0 Å². The van der Waals surface area contributed by atoms with E-state index < -0.39 is 97.6 Å². The largest absolute Gasteiger partial charge is 0.472 e. The molecule has 19 nitrogen and oxygen atoms in total. The molecule has 0 spiro atoms. The van der Waals surface area contributed by atoms with E-state index in [-0.39, 0.29) is 0 Å². The maximum absolute atomic E-state index is 12.7. The number of rotatable bonds is 9. The second-order valence-corrected chi connectivity index (χ2v) is 11.5. The van der Waals surface area contributed by atoms with Crippen LogP contribution in [0.3, 0.4) is 0 Å². The van der Waals surface area contributed by atoms with Crippen LogP contribution in [0.2, 0.25) is 0 Å². The summed E-state index contributed by atoms with van der Waals surface area (Å²) in [6, 6.07) is 1.96. The molecule has 4 heterocycles. The number of phosphoric acid groups is 1. The Morgan fingerprint density at radius 1 is 0.929 bits per heavy atom. The molecular weight excluding hydrogens is 591 g/mol. The van der Waals surface area contributed by atoms with Gasteiger partial charge in [-0.1, -0.05) is 0 Å². The van der Waals surface area contributed by atoms with Crippen LogP contribution in [0.25, 0.3) is 0 Å². The molecule has 0 amide bonds. The van der Waals surface area contributed by atoms with Gasteiger partial charge in [0.2, 0.25) is 0 Å². The van der Waals surface area contributed by atoms with E-state index in [1.54, 1.807) is 0 Å². The van der Waals surface area contributed by atoms with E-state index in [0.29, 0.717) is 0 Å². The van der Waals surface area contributed by atoms with Crippen molar-refractivity contribution in [3.05, 3.63) is 66.2 Å². The second kappa shape index (κ2) is 11.4. The second-order valence-electron chi connectivity index (χ2n) is 10.1. The van der Waals surface area contributed by atoms with Crippen LogP contribution in [0.5, 0.6) is 0 Å². The molecule has 20 heteroatoms. The molecule has 0 radical (unpaired) electrons. The van der Waals surface area contributed by atoms with Gasteiger partial charge in [-0.2, -0.15) is 0 Å². The van der Waals surface area contributed by atoms with Crippen molar-refractivity contribution < 1.29 is 52.8 Å². The van der Waals surface area contributed by atoms with Gasteiger partial charge in [0.1, 0.15) is 29.5 Å². The Morgan fingerprint density at radius 2 is 1.38 bits per heavy atom. The molecule has 2 aromatic heterocycles. The van der Waals surface area contributed by atoms with Crippen molar-refractivity contribution in [2.24, 2.45) is 0 Å². The lowest BCUT2D eigenvalue weighted by atomic mass is 9.96. The molecule has 232 valence electrons. The molecule has 9 atom stereocenters. The summed E-state index contributed by atoms with van der Waals surface area (Å²) in [6.07, 6.45) is -7.13. The summed E-state index contributed by atoms with van der Waals surface area (Å²) in [6.45, 7) is 1.69. The first kappa shape index (κ1) is 31.7. The highest BCUT2D eigenvalue weighted by molar-refractivity contribution is 7.47. The number of aromatic nitrogens is 4. The normalized spacial score (nSPS) is 34.3. The lowest BCUT2D eigenvalue weighted by molar-refractivity contribution is -0.161. The monoisotopic (exact) mass is 620 g/mol. The van der Waals surface area contributed by atoms with Crippen molar-refractivity contribution in [1.82, 2.24) is 19.1 Å². The molecule has 2 fully saturated rings. The van der Waals surface area contributed by atoms with Gasteiger partial charge >= 0.3 is 25.2 Å². The average Bonchev–Trinajstić information content (AvgIpc) is 3.25. The summed E-state index contributed by atoms with van der Waals surface area (Å²) in [4.78, 5) is 73.2. The van der Waals surface area contributed by atoms with Crippen molar-refractivity contribution in [2.45, 2.75) is 68.8 Å². The Hall–Kier alpha value is -3.26. The third-order valence-corrected chi connectivity index (χ3v) is 7.73. The molecule has 2 aliphatic heterocycles. The predicted octanol–water partition coefficient (Wildman–Crippen LogP) is -3.19. The fraction of sp³-hybridized carbons (Fsp3) is 0.591. The highest BCUT2D eigenvalue weighted by Crippen LogP contribution is 2.47. The zero-order chi connectivity index (χ0) is 31.2. The first-order valence-electron chi connectivity index (χ1n) is 12.3. The van der Waals surface area contributed by atoms with Crippen molar-refractivity contribution in [3.8, 4) is 0 Å².